The molecule has 2 aromatic rings. The number of hydrogen-bond acceptors (Lipinski definition) is 8. The molecule has 210 valence electrons. The summed E-state index contributed by atoms with van der Waals surface area (Å²) >= 11 is 0. The van der Waals surface area contributed by atoms with E-state index in [9.17, 15) is 30.7 Å². The van der Waals surface area contributed by atoms with Gasteiger partial charge in [-0.25, -0.2) is 33.9 Å². The number of aromatic nitrogens is 4. The van der Waals surface area contributed by atoms with Crippen LogP contribution in [0.15, 0.2) is 12.4 Å². The topological polar surface area (TPSA) is 133 Å². The van der Waals surface area contributed by atoms with Gasteiger partial charge in [0.05, 0.1) is 18.1 Å². The lowest BCUT2D eigenvalue weighted by Gasteiger charge is -2.19. The highest BCUT2D eigenvalue weighted by Crippen LogP contribution is 2.24. The summed E-state index contributed by atoms with van der Waals surface area (Å²) < 4.78 is 76.5. The molecule has 0 bridgehead atoms. The number of aliphatic carboxylic acids is 2. The van der Waals surface area contributed by atoms with Crippen LogP contribution in [0.1, 0.15) is 29.8 Å². The van der Waals surface area contributed by atoms with Crippen molar-refractivity contribution in [2.75, 3.05) is 36.0 Å². The van der Waals surface area contributed by atoms with Gasteiger partial charge in [-0.3, -0.25) is 0 Å². The normalized spacial score (nSPS) is 15.4. The summed E-state index contributed by atoms with van der Waals surface area (Å²) in [6.07, 6.45) is -3.60. The fourth-order valence-corrected chi connectivity index (χ4v) is 3.50. The lowest BCUT2D eigenvalue weighted by atomic mass is 10.1. The molecule has 4 heterocycles. The van der Waals surface area contributed by atoms with E-state index >= 15 is 0 Å². The van der Waals surface area contributed by atoms with E-state index in [0.717, 1.165) is 56.4 Å². The largest absolute Gasteiger partial charge is 0.490 e. The van der Waals surface area contributed by atoms with Gasteiger partial charge in [-0.1, -0.05) is 0 Å². The Morgan fingerprint density at radius 1 is 0.789 bits per heavy atom. The van der Waals surface area contributed by atoms with E-state index in [4.69, 9.17) is 29.8 Å². The van der Waals surface area contributed by atoms with Crippen molar-refractivity contribution in [2.45, 2.75) is 45.0 Å². The number of fused-ring (bicyclic) bond motifs is 1. The molecular weight excluding hydrogens is 533 g/mol. The highest BCUT2D eigenvalue weighted by Gasteiger charge is 2.38. The smallest absolute Gasteiger partial charge is 0.475 e. The van der Waals surface area contributed by atoms with Crippen molar-refractivity contribution in [2.24, 2.45) is 0 Å². The Morgan fingerprint density at radius 2 is 1.24 bits per heavy atom. The predicted octanol–water partition coefficient (Wildman–Crippen LogP) is 3.19. The number of carboxylic acid groups (broad SMARTS) is 2. The van der Waals surface area contributed by atoms with Crippen LogP contribution < -0.4 is 9.80 Å². The fourth-order valence-electron chi connectivity index (χ4n) is 3.50. The molecule has 1 saturated heterocycles. The average Bonchev–Trinajstić information content (AvgIpc) is 3.27. The summed E-state index contributed by atoms with van der Waals surface area (Å²) in [6.45, 7) is 5.76. The van der Waals surface area contributed by atoms with Crippen molar-refractivity contribution in [3.63, 3.8) is 0 Å². The number of carboxylic acids is 2. The monoisotopic (exact) mass is 556 g/mol. The van der Waals surface area contributed by atoms with Gasteiger partial charge in [0.1, 0.15) is 0 Å². The van der Waals surface area contributed by atoms with Gasteiger partial charge >= 0.3 is 24.3 Å². The van der Waals surface area contributed by atoms with E-state index in [0.29, 0.717) is 5.95 Å². The van der Waals surface area contributed by atoms with Gasteiger partial charge in [0.25, 0.3) is 0 Å². The Kier molecular flexibility index (Phi) is 10.1. The third kappa shape index (κ3) is 8.95. The number of rotatable bonds is 2. The molecular formula is C21H23F7N6O4. The molecule has 4 rings (SSSR count). The summed E-state index contributed by atoms with van der Waals surface area (Å²) in [4.78, 5) is 40.0. The van der Waals surface area contributed by atoms with Crippen LogP contribution in [-0.4, -0.2) is 80.6 Å². The molecule has 38 heavy (non-hydrogen) atoms. The molecule has 0 radical (unpaired) electrons. The van der Waals surface area contributed by atoms with Crippen molar-refractivity contribution >= 4 is 23.8 Å². The number of halogens is 7. The highest BCUT2D eigenvalue weighted by molar-refractivity contribution is 5.73. The second-order valence-electron chi connectivity index (χ2n) is 8.02. The van der Waals surface area contributed by atoms with E-state index in [2.05, 4.69) is 26.7 Å². The van der Waals surface area contributed by atoms with Crippen LogP contribution in [0.2, 0.25) is 0 Å². The molecule has 0 amide bonds. The van der Waals surface area contributed by atoms with Gasteiger partial charge in [-0.2, -0.15) is 26.3 Å². The number of alkyl halides is 6. The van der Waals surface area contributed by atoms with Crippen LogP contribution in [0.4, 0.5) is 42.6 Å². The van der Waals surface area contributed by atoms with Crippen molar-refractivity contribution in [3.05, 3.63) is 35.2 Å². The number of nitrogens with zero attached hydrogens (tertiary/aromatic N) is 6. The number of hydrogen-bond donors (Lipinski definition) is 2. The summed E-state index contributed by atoms with van der Waals surface area (Å²) in [5.41, 5.74) is 3.44. The first-order valence-electron chi connectivity index (χ1n) is 11.0. The SMILES string of the molecule is Cc1nc(N2CCCC2)nc2c1CCN(c1ncc(F)cn1)CC2.O=C(O)C(F)(F)F.O=C(O)C(F)(F)F. The molecule has 2 aliphatic rings. The zero-order chi connectivity index (χ0) is 28.7. The first-order valence-corrected chi connectivity index (χ1v) is 11.0. The van der Waals surface area contributed by atoms with Gasteiger partial charge in [0.15, 0.2) is 5.82 Å². The molecule has 0 unspecified atom stereocenters. The first-order chi connectivity index (χ1) is 17.6. The number of carbonyl (C=O) groups is 2. The van der Waals surface area contributed by atoms with Crippen LogP contribution in [0.3, 0.4) is 0 Å². The Balaban J connectivity index is 0.000000301. The minimum atomic E-state index is -5.08. The average molecular weight is 556 g/mol. The fraction of sp³-hybridized carbons (Fsp3) is 0.524. The van der Waals surface area contributed by atoms with E-state index in [-0.39, 0.29) is 0 Å². The van der Waals surface area contributed by atoms with E-state index in [1.807, 2.05) is 0 Å². The lowest BCUT2D eigenvalue weighted by Crippen LogP contribution is -2.27. The Morgan fingerprint density at radius 3 is 1.71 bits per heavy atom. The molecule has 1 fully saturated rings. The molecule has 0 aliphatic carbocycles. The van der Waals surface area contributed by atoms with Crippen molar-refractivity contribution in [3.8, 4) is 0 Å². The second-order valence-corrected chi connectivity index (χ2v) is 8.02. The maximum absolute atomic E-state index is 13.0. The van der Waals surface area contributed by atoms with E-state index < -0.39 is 30.1 Å². The van der Waals surface area contributed by atoms with Gasteiger partial charge in [-0.15, -0.1) is 0 Å². The quantitative estimate of drug-likeness (QED) is 0.532. The second kappa shape index (κ2) is 12.6. The standard InChI is InChI=1S/C17H21FN6.2C2HF3O2/c1-12-14-4-8-24(16-19-10-13(18)11-20-16)9-5-15(14)22-17(21-12)23-6-2-3-7-23;2*3-2(4,5)1(6)7/h10-11H,2-9H2,1H3;2*(H,6,7). The molecule has 17 heteroatoms. The highest BCUT2D eigenvalue weighted by atomic mass is 19.4. The van der Waals surface area contributed by atoms with Crippen molar-refractivity contribution in [1.29, 1.82) is 0 Å². The lowest BCUT2D eigenvalue weighted by molar-refractivity contribution is -0.193. The first kappa shape index (κ1) is 30.4. The van der Waals surface area contributed by atoms with Gasteiger partial charge in [-0.05, 0) is 31.7 Å². The van der Waals surface area contributed by atoms with E-state index in [1.54, 1.807) is 0 Å². The maximum atomic E-state index is 13.0. The van der Waals surface area contributed by atoms with E-state index in [1.165, 1.54) is 30.8 Å². The predicted molar refractivity (Wildman–Crippen MR) is 117 cm³/mol. The molecule has 0 atom stereocenters. The maximum Gasteiger partial charge on any atom is 0.490 e. The van der Waals surface area contributed by atoms with Gasteiger partial charge in [0, 0.05) is 38.3 Å². The van der Waals surface area contributed by atoms with Crippen molar-refractivity contribution < 1.29 is 50.5 Å². The molecule has 2 aromatic heterocycles. The molecule has 2 N–H and O–H groups in total. The number of aryl methyl sites for hydroxylation is 1. The summed E-state index contributed by atoms with van der Waals surface area (Å²) in [6, 6.07) is 0. The van der Waals surface area contributed by atoms with Crippen LogP contribution in [0.5, 0.6) is 0 Å². The Labute approximate surface area is 211 Å². The summed E-state index contributed by atoms with van der Waals surface area (Å²) in [5.74, 6) is -4.47. The Hall–Kier alpha value is -3.79. The van der Waals surface area contributed by atoms with Crippen LogP contribution >= 0.6 is 0 Å². The van der Waals surface area contributed by atoms with Crippen LogP contribution in [0.25, 0.3) is 0 Å². The zero-order valence-electron chi connectivity index (χ0n) is 19.9. The van der Waals surface area contributed by atoms with Gasteiger partial charge in [0.2, 0.25) is 11.9 Å². The molecule has 0 saturated carbocycles. The van der Waals surface area contributed by atoms with Crippen LogP contribution in [0, 0.1) is 12.7 Å². The molecule has 0 aromatic carbocycles. The zero-order valence-corrected chi connectivity index (χ0v) is 19.9. The van der Waals surface area contributed by atoms with Crippen LogP contribution in [-0.2, 0) is 22.4 Å². The number of anilines is 2. The Bertz CT molecular complexity index is 1080. The molecule has 0 spiro atoms. The minimum Gasteiger partial charge on any atom is -0.475 e. The third-order valence-electron chi connectivity index (χ3n) is 5.30. The molecule has 2 aliphatic heterocycles. The third-order valence-corrected chi connectivity index (χ3v) is 5.30. The molecule has 10 nitrogen and oxygen atoms in total. The summed E-state index contributed by atoms with van der Waals surface area (Å²) in [5, 5.41) is 14.2. The van der Waals surface area contributed by atoms with Crippen molar-refractivity contribution in [1.82, 2.24) is 19.9 Å². The van der Waals surface area contributed by atoms with Gasteiger partial charge < -0.3 is 20.0 Å². The summed E-state index contributed by atoms with van der Waals surface area (Å²) in [7, 11) is 0. The minimum absolute atomic E-state index is 0.408.